The van der Waals surface area contributed by atoms with Crippen LogP contribution >= 0.6 is 0 Å². The zero-order valence-electron chi connectivity index (χ0n) is 16.1. The van der Waals surface area contributed by atoms with Crippen molar-refractivity contribution in [2.24, 2.45) is 0 Å². The van der Waals surface area contributed by atoms with Crippen LogP contribution < -0.4 is 16.2 Å². The smallest absolute Gasteiger partial charge is 0.275 e. The van der Waals surface area contributed by atoms with Crippen molar-refractivity contribution in [2.75, 3.05) is 5.32 Å². The van der Waals surface area contributed by atoms with E-state index in [9.17, 15) is 9.59 Å². The van der Waals surface area contributed by atoms with Crippen LogP contribution in [0.3, 0.4) is 0 Å². The minimum atomic E-state index is -0.195. The van der Waals surface area contributed by atoms with Gasteiger partial charge >= 0.3 is 0 Å². The maximum atomic E-state index is 12.8. The van der Waals surface area contributed by atoms with Gasteiger partial charge in [-0.25, -0.2) is 4.68 Å². The summed E-state index contributed by atoms with van der Waals surface area (Å²) in [5.41, 5.74) is 1.18. The van der Waals surface area contributed by atoms with Gasteiger partial charge in [0, 0.05) is 28.8 Å². The molecule has 142 valence electrons. The van der Waals surface area contributed by atoms with Crippen molar-refractivity contribution in [1.82, 2.24) is 25.3 Å². The van der Waals surface area contributed by atoms with Crippen LogP contribution in [0.1, 0.15) is 49.8 Å². The van der Waals surface area contributed by atoms with E-state index in [2.05, 4.69) is 25.9 Å². The second-order valence-electron chi connectivity index (χ2n) is 7.14. The second-order valence-corrected chi connectivity index (χ2v) is 7.14. The zero-order valence-corrected chi connectivity index (χ0v) is 16.1. The van der Waals surface area contributed by atoms with Gasteiger partial charge in [-0.3, -0.25) is 14.7 Å². The number of rotatable bonds is 5. The number of benzene rings is 1. The number of carbonyl (C=O) groups is 1. The topological polar surface area (TPSA) is 105 Å². The Hall–Kier alpha value is -3.16. The molecule has 0 bridgehead atoms. The van der Waals surface area contributed by atoms with Gasteiger partial charge in [0.05, 0.1) is 11.4 Å². The molecule has 0 saturated carbocycles. The molecule has 3 rings (SSSR count). The van der Waals surface area contributed by atoms with E-state index in [0.717, 1.165) is 5.69 Å². The van der Waals surface area contributed by atoms with Gasteiger partial charge in [0.15, 0.2) is 11.6 Å². The van der Waals surface area contributed by atoms with Gasteiger partial charge in [-0.2, -0.15) is 10.2 Å². The Morgan fingerprint density at radius 2 is 1.89 bits per heavy atom. The SMILES string of the molecule is Cc1cc(Nc2nn(C(C)C)c(=O)c3ccc(C(=O)NC(C)C)cc23)n[nH]1. The third-order valence-corrected chi connectivity index (χ3v) is 4.04. The number of hydrogen-bond donors (Lipinski definition) is 3. The van der Waals surface area contributed by atoms with E-state index in [1.54, 1.807) is 18.2 Å². The van der Waals surface area contributed by atoms with Gasteiger partial charge < -0.3 is 10.6 Å². The molecule has 8 heteroatoms. The first-order valence-corrected chi connectivity index (χ1v) is 8.92. The van der Waals surface area contributed by atoms with Crippen molar-refractivity contribution in [3.63, 3.8) is 0 Å². The monoisotopic (exact) mass is 368 g/mol. The van der Waals surface area contributed by atoms with Crippen molar-refractivity contribution in [2.45, 2.75) is 46.7 Å². The van der Waals surface area contributed by atoms with Crippen molar-refractivity contribution in [3.05, 3.63) is 45.9 Å². The van der Waals surface area contributed by atoms with E-state index in [0.29, 0.717) is 28.0 Å². The summed E-state index contributed by atoms with van der Waals surface area (Å²) in [4.78, 5) is 25.2. The number of aromatic nitrogens is 4. The number of aromatic amines is 1. The fourth-order valence-corrected chi connectivity index (χ4v) is 2.79. The lowest BCUT2D eigenvalue weighted by Crippen LogP contribution is -2.30. The predicted molar refractivity (Wildman–Crippen MR) is 106 cm³/mol. The van der Waals surface area contributed by atoms with Gasteiger partial charge in [-0.1, -0.05) is 0 Å². The Morgan fingerprint density at radius 1 is 1.15 bits per heavy atom. The summed E-state index contributed by atoms with van der Waals surface area (Å²) in [6.45, 7) is 9.48. The molecule has 0 saturated heterocycles. The average Bonchev–Trinajstić information content (AvgIpc) is 3.01. The van der Waals surface area contributed by atoms with Crippen LogP contribution in [0.5, 0.6) is 0 Å². The van der Waals surface area contributed by atoms with E-state index in [4.69, 9.17) is 0 Å². The second kappa shape index (κ2) is 7.22. The molecule has 2 heterocycles. The number of aryl methyl sites for hydroxylation is 1. The van der Waals surface area contributed by atoms with E-state index in [1.807, 2.05) is 40.7 Å². The molecule has 8 nitrogen and oxygen atoms in total. The summed E-state index contributed by atoms with van der Waals surface area (Å²) in [5, 5.41) is 18.6. The first-order valence-electron chi connectivity index (χ1n) is 8.92. The lowest BCUT2D eigenvalue weighted by Gasteiger charge is -2.15. The highest BCUT2D eigenvalue weighted by atomic mass is 16.1. The van der Waals surface area contributed by atoms with E-state index < -0.39 is 0 Å². The summed E-state index contributed by atoms with van der Waals surface area (Å²) in [6.07, 6.45) is 0. The first-order chi connectivity index (χ1) is 12.8. The highest BCUT2D eigenvalue weighted by Crippen LogP contribution is 2.24. The Balaban J connectivity index is 2.17. The number of amides is 1. The van der Waals surface area contributed by atoms with E-state index in [1.165, 1.54) is 4.68 Å². The van der Waals surface area contributed by atoms with Crippen molar-refractivity contribution < 1.29 is 4.79 Å². The highest BCUT2D eigenvalue weighted by molar-refractivity contribution is 6.01. The maximum Gasteiger partial charge on any atom is 0.275 e. The van der Waals surface area contributed by atoms with Crippen LogP contribution in [0.4, 0.5) is 11.6 Å². The zero-order chi connectivity index (χ0) is 19.7. The summed E-state index contributed by atoms with van der Waals surface area (Å²) < 4.78 is 1.43. The number of nitrogens with one attached hydrogen (secondary N) is 3. The van der Waals surface area contributed by atoms with Gasteiger partial charge in [0.2, 0.25) is 0 Å². The van der Waals surface area contributed by atoms with Crippen molar-refractivity contribution in [1.29, 1.82) is 0 Å². The summed E-state index contributed by atoms with van der Waals surface area (Å²) in [5.74, 6) is 0.873. The molecule has 1 amide bonds. The molecular formula is C19H24N6O2. The summed E-state index contributed by atoms with van der Waals surface area (Å²) in [7, 11) is 0. The van der Waals surface area contributed by atoms with Crippen LogP contribution in [-0.2, 0) is 0 Å². The third kappa shape index (κ3) is 3.84. The van der Waals surface area contributed by atoms with Gasteiger partial charge in [-0.15, -0.1) is 0 Å². The molecule has 0 spiro atoms. The lowest BCUT2D eigenvalue weighted by atomic mass is 10.1. The molecule has 0 aliphatic rings. The number of fused-ring (bicyclic) bond motifs is 1. The molecule has 0 aliphatic carbocycles. The van der Waals surface area contributed by atoms with Crippen LogP contribution in [0.15, 0.2) is 29.1 Å². The number of hydrogen-bond acceptors (Lipinski definition) is 5. The van der Waals surface area contributed by atoms with Gasteiger partial charge in [0.1, 0.15) is 0 Å². The lowest BCUT2D eigenvalue weighted by molar-refractivity contribution is 0.0943. The molecule has 0 unspecified atom stereocenters. The third-order valence-electron chi connectivity index (χ3n) is 4.04. The largest absolute Gasteiger partial charge is 0.350 e. The summed E-state index contributed by atoms with van der Waals surface area (Å²) >= 11 is 0. The Labute approximate surface area is 157 Å². The first kappa shape index (κ1) is 18.6. The highest BCUT2D eigenvalue weighted by Gasteiger charge is 2.16. The summed E-state index contributed by atoms with van der Waals surface area (Å²) in [6, 6.07) is 6.78. The van der Waals surface area contributed by atoms with Crippen LogP contribution in [-0.4, -0.2) is 31.9 Å². The van der Waals surface area contributed by atoms with Crippen LogP contribution in [0.25, 0.3) is 10.8 Å². The Morgan fingerprint density at radius 3 is 2.48 bits per heavy atom. The van der Waals surface area contributed by atoms with Crippen molar-refractivity contribution >= 4 is 28.3 Å². The normalized spacial score (nSPS) is 11.4. The Bertz CT molecular complexity index is 1050. The minimum absolute atomic E-state index is 0.0184. The fourth-order valence-electron chi connectivity index (χ4n) is 2.79. The number of nitrogens with zero attached hydrogens (tertiary/aromatic N) is 3. The average molecular weight is 368 g/mol. The molecular weight excluding hydrogens is 344 g/mol. The molecule has 0 aliphatic heterocycles. The molecule has 3 N–H and O–H groups in total. The van der Waals surface area contributed by atoms with Gasteiger partial charge in [-0.05, 0) is 52.8 Å². The molecule has 0 radical (unpaired) electrons. The minimum Gasteiger partial charge on any atom is -0.350 e. The molecule has 27 heavy (non-hydrogen) atoms. The number of H-pyrrole nitrogens is 1. The quantitative estimate of drug-likeness (QED) is 0.642. The van der Waals surface area contributed by atoms with Crippen molar-refractivity contribution in [3.8, 4) is 0 Å². The molecule has 0 fully saturated rings. The standard InChI is InChI=1S/C19H24N6O2/c1-10(2)20-18(26)13-6-7-14-15(9-13)17(21-16-8-12(5)22-23-16)24-25(11(3)4)19(14)27/h6-11H,1-5H3,(H,20,26)(H2,21,22,23,24). The van der Waals surface area contributed by atoms with E-state index in [-0.39, 0.29) is 23.6 Å². The molecule has 0 atom stereocenters. The molecule has 3 aromatic rings. The molecule has 2 aromatic heterocycles. The van der Waals surface area contributed by atoms with E-state index >= 15 is 0 Å². The molecule has 1 aromatic carbocycles. The Kier molecular flexibility index (Phi) is 4.98. The number of anilines is 2. The van der Waals surface area contributed by atoms with Crippen LogP contribution in [0.2, 0.25) is 0 Å². The fraction of sp³-hybridized carbons (Fsp3) is 0.368. The maximum absolute atomic E-state index is 12.8. The van der Waals surface area contributed by atoms with Gasteiger partial charge in [0.25, 0.3) is 11.5 Å². The predicted octanol–water partition coefficient (Wildman–Crippen LogP) is 2.89. The number of carbonyl (C=O) groups excluding carboxylic acids is 1. The van der Waals surface area contributed by atoms with Crippen LogP contribution in [0, 0.1) is 6.92 Å².